The Labute approximate surface area is 122 Å². The third-order valence-electron chi connectivity index (χ3n) is 3.11. The largest absolute Gasteiger partial charge is 0.389 e. The van der Waals surface area contributed by atoms with Gasteiger partial charge in [0.25, 0.3) is 0 Å². The lowest BCUT2D eigenvalue weighted by atomic mass is 10.00. The molecular formula is C11H18ClN5O3. The summed E-state index contributed by atoms with van der Waals surface area (Å²) in [5, 5.41) is 20.3. The number of aromatic nitrogens is 2. The average molecular weight is 304 g/mol. The van der Waals surface area contributed by atoms with Crippen molar-refractivity contribution in [2.24, 2.45) is 5.92 Å². The number of amides is 1. The van der Waals surface area contributed by atoms with Crippen LogP contribution in [-0.2, 0) is 11.3 Å². The van der Waals surface area contributed by atoms with Crippen LogP contribution in [0.2, 0.25) is 0 Å². The maximum Gasteiger partial charge on any atom is 0.389 e. The van der Waals surface area contributed by atoms with Crippen LogP contribution in [0.15, 0.2) is 12.3 Å². The monoisotopic (exact) mass is 303 g/mol. The maximum atomic E-state index is 11.7. The first-order valence-corrected chi connectivity index (χ1v) is 6.30. The topological polar surface area (TPSA) is 102 Å². The Hall–Kier alpha value is -1.67. The Balaban J connectivity index is 0.00000200. The summed E-state index contributed by atoms with van der Waals surface area (Å²) in [6.07, 6.45) is 3.67. The first-order chi connectivity index (χ1) is 9.15. The Morgan fingerprint density at radius 1 is 1.65 bits per heavy atom. The standard InChI is InChI=1S/C11H17N5O3.ClH/c17-11(13-7-9-2-1-4-12-6-9)8-15-5-3-10(14-15)16(18)19;/h3,5,9,12H,1-2,4,6-8H2,(H,13,17);1H. The van der Waals surface area contributed by atoms with Crippen LogP contribution >= 0.6 is 12.4 Å². The number of hydrogen-bond acceptors (Lipinski definition) is 5. The van der Waals surface area contributed by atoms with Gasteiger partial charge in [0.05, 0.1) is 17.4 Å². The van der Waals surface area contributed by atoms with Crippen LogP contribution in [0, 0.1) is 16.0 Å². The van der Waals surface area contributed by atoms with Crippen LogP contribution in [0.5, 0.6) is 0 Å². The molecule has 1 aromatic heterocycles. The van der Waals surface area contributed by atoms with Crippen molar-refractivity contribution in [2.75, 3.05) is 19.6 Å². The number of nitrogens with zero attached hydrogens (tertiary/aromatic N) is 3. The Kier molecular flexibility index (Phi) is 6.40. The fourth-order valence-electron chi connectivity index (χ4n) is 2.10. The molecule has 1 aliphatic heterocycles. The van der Waals surface area contributed by atoms with E-state index >= 15 is 0 Å². The highest BCUT2D eigenvalue weighted by molar-refractivity contribution is 5.85. The first-order valence-electron chi connectivity index (χ1n) is 6.30. The third-order valence-corrected chi connectivity index (χ3v) is 3.11. The fraction of sp³-hybridized carbons (Fsp3) is 0.636. The molecule has 0 radical (unpaired) electrons. The number of hydrogen-bond donors (Lipinski definition) is 2. The molecule has 112 valence electrons. The summed E-state index contributed by atoms with van der Waals surface area (Å²) in [4.78, 5) is 21.5. The summed E-state index contributed by atoms with van der Waals surface area (Å²) in [7, 11) is 0. The number of carbonyl (C=O) groups is 1. The summed E-state index contributed by atoms with van der Waals surface area (Å²) >= 11 is 0. The van der Waals surface area contributed by atoms with Gasteiger partial charge in [0, 0.05) is 6.54 Å². The number of nitrogens with one attached hydrogen (secondary N) is 2. The second-order valence-corrected chi connectivity index (χ2v) is 4.65. The van der Waals surface area contributed by atoms with Gasteiger partial charge in [0.1, 0.15) is 6.54 Å². The van der Waals surface area contributed by atoms with Crippen LogP contribution in [0.3, 0.4) is 0 Å². The highest BCUT2D eigenvalue weighted by Gasteiger charge is 2.16. The Morgan fingerprint density at radius 2 is 2.45 bits per heavy atom. The van der Waals surface area contributed by atoms with E-state index in [1.165, 1.54) is 16.9 Å². The lowest BCUT2D eigenvalue weighted by Crippen LogP contribution is -2.39. The van der Waals surface area contributed by atoms with Gasteiger partial charge in [-0.2, -0.15) is 4.68 Å². The third kappa shape index (κ3) is 4.78. The van der Waals surface area contributed by atoms with Crippen LogP contribution < -0.4 is 10.6 Å². The SMILES string of the molecule is Cl.O=C(Cn1ccc([N+](=O)[O-])n1)NCC1CCCNC1. The zero-order valence-electron chi connectivity index (χ0n) is 10.9. The molecular weight excluding hydrogens is 286 g/mol. The van der Waals surface area contributed by atoms with E-state index in [4.69, 9.17) is 0 Å². The van der Waals surface area contributed by atoms with E-state index in [0.29, 0.717) is 12.5 Å². The normalized spacial score (nSPS) is 18.1. The van der Waals surface area contributed by atoms with Gasteiger partial charge in [0.2, 0.25) is 5.91 Å². The van der Waals surface area contributed by atoms with Crippen LogP contribution in [-0.4, -0.2) is 40.2 Å². The molecule has 2 rings (SSSR count). The average Bonchev–Trinajstić information content (AvgIpc) is 2.86. The van der Waals surface area contributed by atoms with Gasteiger partial charge in [-0.15, -0.1) is 12.4 Å². The lowest BCUT2D eigenvalue weighted by Gasteiger charge is -2.22. The van der Waals surface area contributed by atoms with Crippen molar-refractivity contribution in [3.05, 3.63) is 22.4 Å². The quantitative estimate of drug-likeness (QED) is 0.603. The van der Waals surface area contributed by atoms with Crippen molar-refractivity contribution in [1.29, 1.82) is 0 Å². The molecule has 1 saturated heterocycles. The predicted octanol–water partition coefficient (Wildman–Crippen LogP) is 0.329. The molecule has 1 unspecified atom stereocenters. The van der Waals surface area contributed by atoms with Gasteiger partial charge >= 0.3 is 5.82 Å². The van der Waals surface area contributed by atoms with Crippen LogP contribution in [0.1, 0.15) is 12.8 Å². The van der Waals surface area contributed by atoms with Crippen LogP contribution in [0.25, 0.3) is 0 Å². The zero-order valence-corrected chi connectivity index (χ0v) is 11.8. The Bertz CT molecular complexity index is 459. The van der Waals surface area contributed by atoms with Gasteiger partial charge < -0.3 is 20.7 Å². The molecule has 0 aromatic carbocycles. The lowest BCUT2D eigenvalue weighted by molar-refractivity contribution is -0.389. The number of nitro groups is 1. The highest BCUT2D eigenvalue weighted by atomic mass is 35.5. The molecule has 9 heteroatoms. The fourth-order valence-corrected chi connectivity index (χ4v) is 2.10. The van der Waals surface area contributed by atoms with Crippen molar-refractivity contribution >= 4 is 24.1 Å². The van der Waals surface area contributed by atoms with E-state index in [1.807, 2.05) is 0 Å². The molecule has 2 heterocycles. The molecule has 1 aliphatic rings. The smallest absolute Gasteiger partial charge is 0.358 e. The minimum absolute atomic E-state index is 0. The van der Waals surface area contributed by atoms with E-state index in [-0.39, 0.29) is 30.7 Å². The molecule has 0 bridgehead atoms. The van der Waals surface area contributed by atoms with Crippen molar-refractivity contribution in [1.82, 2.24) is 20.4 Å². The van der Waals surface area contributed by atoms with Crippen molar-refractivity contribution in [3.63, 3.8) is 0 Å². The zero-order chi connectivity index (χ0) is 13.7. The van der Waals surface area contributed by atoms with Gasteiger partial charge in [-0.25, -0.2) is 0 Å². The molecule has 1 fully saturated rings. The first kappa shape index (κ1) is 16.4. The predicted molar refractivity (Wildman–Crippen MR) is 74.7 cm³/mol. The molecule has 0 spiro atoms. The molecule has 1 amide bonds. The summed E-state index contributed by atoms with van der Waals surface area (Å²) in [5.41, 5.74) is 0. The van der Waals surface area contributed by atoms with E-state index < -0.39 is 4.92 Å². The van der Waals surface area contributed by atoms with E-state index in [2.05, 4.69) is 15.7 Å². The number of halogens is 1. The van der Waals surface area contributed by atoms with E-state index in [1.54, 1.807) is 0 Å². The second-order valence-electron chi connectivity index (χ2n) is 4.65. The second kappa shape index (κ2) is 7.81. The number of rotatable bonds is 5. The summed E-state index contributed by atoms with van der Waals surface area (Å²) in [6.45, 7) is 2.61. The minimum atomic E-state index is -0.581. The van der Waals surface area contributed by atoms with Crippen molar-refractivity contribution in [3.8, 4) is 0 Å². The minimum Gasteiger partial charge on any atom is -0.358 e. The molecule has 2 N–H and O–H groups in total. The van der Waals surface area contributed by atoms with E-state index in [0.717, 1.165) is 25.9 Å². The van der Waals surface area contributed by atoms with Gasteiger partial charge in [0.15, 0.2) is 0 Å². The highest BCUT2D eigenvalue weighted by Crippen LogP contribution is 2.08. The van der Waals surface area contributed by atoms with Crippen molar-refractivity contribution < 1.29 is 9.72 Å². The molecule has 1 aromatic rings. The molecule has 0 aliphatic carbocycles. The number of piperidine rings is 1. The summed E-state index contributed by atoms with van der Waals surface area (Å²) in [6, 6.07) is 1.28. The maximum absolute atomic E-state index is 11.7. The number of carbonyl (C=O) groups excluding carboxylic acids is 1. The molecule has 20 heavy (non-hydrogen) atoms. The van der Waals surface area contributed by atoms with Crippen molar-refractivity contribution in [2.45, 2.75) is 19.4 Å². The van der Waals surface area contributed by atoms with Gasteiger partial charge in [-0.3, -0.25) is 4.79 Å². The Morgan fingerprint density at radius 3 is 3.05 bits per heavy atom. The molecule has 8 nitrogen and oxygen atoms in total. The summed E-state index contributed by atoms with van der Waals surface area (Å²) in [5.74, 6) is 0.0394. The van der Waals surface area contributed by atoms with E-state index in [9.17, 15) is 14.9 Å². The molecule has 0 saturated carbocycles. The van der Waals surface area contributed by atoms with Gasteiger partial charge in [-0.05, 0) is 36.8 Å². The van der Waals surface area contributed by atoms with Crippen LogP contribution in [0.4, 0.5) is 5.82 Å². The van der Waals surface area contributed by atoms with Gasteiger partial charge in [-0.1, -0.05) is 0 Å². The summed E-state index contributed by atoms with van der Waals surface area (Å²) < 4.78 is 1.27. The molecule has 1 atom stereocenters.